The van der Waals surface area contributed by atoms with Crippen LogP contribution in [0.25, 0.3) is 0 Å². The van der Waals surface area contributed by atoms with Crippen LogP contribution in [-0.4, -0.2) is 58.7 Å². The molecule has 20 heavy (non-hydrogen) atoms. The van der Waals surface area contributed by atoms with Crippen molar-refractivity contribution in [1.29, 1.82) is 0 Å². The molecule has 0 atom stereocenters. The van der Waals surface area contributed by atoms with Crippen LogP contribution < -0.4 is 5.32 Å². The highest BCUT2D eigenvalue weighted by molar-refractivity contribution is 7.99. The maximum Gasteiger partial charge on any atom is 0.252 e. The van der Waals surface area contributed by atoms with E-state index in [4.69, 9.17) is 0 Å². The van der Waals surface area contributed by atoms with Gasteiger partial charge in [0.25, 0.3) is 5.91 Å². The molecule has 2 aliphatic heterocycles. The SMILES string of the molecule is C=C(C)CN1CCC(NC(=O)C2(O)CCSCC2)CC1. The zero-order valence-electron chi connectivity index (χ0n) is 12.4. The summed E-state index contributed by atoms with van der Waals surface area (Å²) in [4.78, 5) is 14.6. The fraction of sp³-hybridized carbons (Fsp3) is 0.800. The van der Waals surface area contributed by atoms with Gasteiger partial charge in [0, 0.05) is 25.7 Å². The van der Waals surface area contributed by atoms with Gasteiger partial charge in [0.15, 0.2) is 0 Å². The van der Waals surface area contributed by atoms with Crippen molar-refractivity contribution in [1.82, 2.24) is 10.2 Å². The van der Waals surface area contributed by atoms with Crippen molar-refractivity contribution in [2.24, 2.45) is 0 Å². The van der Waals surface area contributed by atoms with Crippen LogP contribution in [0.5, 0.6) is 0 Å². The van der Waals surface area contributed by atoms with Crippen molar-refractivity contribution < 1.29 is 9.90 Å². The molecule has 0 aliphatic carbocycles. The third-order valence-corrected chi connectivity index (χ3v) is 5.14. The van der Waals surface area contributed by atoms with E-state index in [9.17, 15) is 9.90 Å². The van der Waals surface area contributed by atoms with Crippen LogP contribution in [0.1, 0.15) is 32.6 Å². The number of piperidine rings is 1. The summed E-state index contributed by atoms with van der Waals surface area (Å²) in [5.41, 5.74) is 0.0570. The molecule has 0 aromatic carbocycles. The van der Waals surface area contributed by atoms with E-state index in [-0.39, 0.29) is 11.9 Å². The van der Waals surface area contributed by atoms with Gasteiger partial charge in [-0.1, -0.05) is 12.2 Å². The summed E-state index contributed by atoms with van der Waals surface area (Å²) in [6.07, 6.45) is 3.09. The van der Waals surface area contributed by atoms with E-state index in [1.807, 2.05) is 18.7 Å². The molecular formula is C15H26N2O2S. The number of rotatable bonds is 4. The van der Waals surface area contributed by atoms with Crippen molar-refractivity contribution in [3.05, 3.63) is 12.2 Å². The normalized spacial score (nSPS) is 24.3. The summed E-state index contributed by atoms with van der Waals surface area (Å²) in [6, 6.07) is 0.211. The molecular weight excluding hydrogens is 272 g/mol. The van der Waals surface area contributed by atoms with E-state index in [0.29, 0.717) is 12.8 Å². The summed E-state index contributed by atoms with van der Waals surface area (Å²) in [7, 11) is 0. The van der Waals surface area contributed by atoms with Crippen LogP contribution in [0.15, 0.2) is 12.2 Å². The molecule has 2 heterocycles. The van der Waals surface area contributed by atoms with Crippen molar-refractivity contribution in [2.45, 2.75) is 44.2 Å². The van der Waals surface area contributed by atoms with Gasteiger partial charge in [0.05, 0.1) is 0 Å². The number of amides is 1. The Kier molecular flexibility index (Phi) is 5.52. The molecule has 4 nitrogen and oxygen atoms in total. The second kappa shape index (κ2) is 6.96. The second-order valence-corrected chi connectivity index (χ2v) is 7.35. The first kappa shape index (κ1) is 15.9. The summed E-state index contributed by atoms with van der Waals surface area (Å²) in [5, 5.41) is 13.4. The van der Waals surface area contributed by atoms with Crippen LogP contribution in [0, 0.1) is 0 Å². The number of hydrogen-bond donors (Lipinski definition) is 2. The lowest BCUT2D eigenvalue weighted by atomic mass is 9.94. The zero-order chi connectivity index (χ0) is 14.6. The standard InChI is InChI=1S/C15H26N2O2S/c1-12(2)11-17-7-3-13(4-8-17)16-14(18)15(19)5-9-20-10-6-15/h13,19H,1,3-11H2,2H3,(H,16,18). The highest BCUT2D eigenvalue weighted by atomic mass is 32.2. The minimum Gasteiger partial charge on any atom is -0.380 e. The highest BCUT2D eigenvalue weighted by Gasteiger charge is 2.38. The van der Waals surface area contributed by atoms with Crippen LogP contribution in [0.4, 0.5) is 0 Å². The number of nitrogens with zero attached hydrogens (tertiary/aromatic N) is 1. The van der Waals surface area contributed by atoms with Gasteiger partial charge in [-0.2, -0.15) is 11.8 Å². The molecule has 2 saturated heterocycles. The van der Waals surface area contributed by atoms with Crippen molar-refractivity contribution in [3.63, 3.8) is 0 Å². The topological polar surface area (TPSA) is 52.6 Å². The number of aliphatic hydroxyl groups is 1. The molecule has 1 amide bonds. The molecule has 0 aromatic heterocycles. The first-order valence-corrected chi connectivity index (χ1v) is 8.63. The quantitative estimate of drug-likeness (QED) is 0.771. The van der Waals surface area contributed by atoms with E-state index in [0.717, 1.165) is 44.0 Å². The average molecular weight is 298 g/mol. The lowest BCUT2D eigenvalue weighted by Gasteiger charge is -2.36. The number of nitrogens with one attached hydrogen (secondary N) is 1. The number of thioether (sulfide) groups is 1. The molecule has 0 unspecified atom stereocenters. The molecule has 0 bridgehead atoms. The van der Waals surface area contributed by atoms with Crippen molar-refractivity contribution in [2.75, 3.05) is 31.1 Å². The molecule has 2 rings (SSSR count). The van der Waals surface area contributed by atoms with E-state index < -0.39 is 5.60 Å². The zero-order valence-corrected chi connectivity index (χ0v) is 13.2. The smallest absolute Gasteiger partial charge is 0.252 e. The van der Waals surface area contributed by atoms with Gasteiger partial charge in [-0.05, 0) is 44.1 Å². The Labute approximate surface area is 126 Å². The van der Waals surface area contributed by atoms with Gasteiger partial charge >= 0.3 is 0 Å². The molecule has 5 heteroatoms. The molecule has 0 saturated carbocycles. The second-order valence-electron chi connectivity index (χ2n) is 6.12. The molecule has 2 N–H and O–H groups in total. The predicted molar refractivity (Wildman–Crippen MR) is 83.9 cm³/mol. The Morgan fingerprint density at radius 3 is 2.55 bits per heavy atom. The van der Waals surface area contributed by atoms with Crippen LogP contribution in [-0.2, 0) is 4.79 Å². The summed E-state index contributed by atoms with van der Waals surface area (Å²) >= 11 is 1.81. The van der Waals surface area contributed by atoms with Crippen LogP contribution in [0.3, 0.4) is 0 Å². The summed E-state index contributed by atoms with van der Waals surface area (Å²) in [6.45, 7) is 8.92. The largest absolute Gasteiger partial charge is 0.380 e. The van der Waals surface area contributed by atoms with Crippen molar-refractivity contribution >= 4 is 17.7 Å². The minimum absolute atomic E-state index is 0.156. The molecule has 2 fully saturated rings. The number of carbonyl (C=O) groups is 1. The number of hydrogen-bond acceptors (Lipinski definition) is 4. The van der Waals surface area contributed by atoms with E-state index in [1.165, 1.54) is 5.57 Å². The molecule has 0 spiro atoms. The van der Waals surface area contributed by atoms with Crippen LogP contribution >= 0.6 is 11.8 Å². The van der Waals surface area contributed by atoms with E-state index in [1.54, 1.807) is 0 Å². The van der Waals surface area contributed by atoms with Crippen molar-refractivity contribution in [3.8, 4) is 0 Å². The Morgan fingerprint density at radius 2 is 2.00 bits per heavy atom. The Bertz CT molecular complexity index is 359. The Hall–Kier alpha value is -0.520. The van der Waals surface area contributed by atoms with Gasteiger partial charge in [0.2, 0.25) is 0 Å². The molecule has 2 aliphatic rings. The summed E-state index contributed by atoms with van der Waals surface area (Å²) < 4.78 is 0. The first-order chi connectivity index (χ1) is 9.49. The summed E-state index contributed by atoms with van der Waals surface area (Å²) in [5.74, 6) is 1.60. The average Bonchev–Trinajstić information content (AvgIpc) is 2.41. The lowest BCUT2D eigenvalue weighted by Crippen LogP contribution is -2.54. The third kappa shape index (κ3) is 4.24. The number of carbonyl (C=O) groups excluding carboxylic acids is 1. The Morgan fingerprint density at radius 1 is 1.40 bits per heavy atom. The monoisotopic (exact) mass is 298 g/mol. The van der Waals surface area contributed by atoms with Gasteiger partial charge in [-0.3, -0.25) is 9.69 Å². The maximum atomic E-state index is 12.2. The minimum atomic E-state index is -1.12. The first-order valence-electron chi connectivity index (χ1n) is 7.47. The maximum absolute atomic E-state index is 12.2. The fourth-order valence-electron chi connectivity index (χ4n) is 2.87. The molecule has 0 radical (unpaired) electrons. The van der Waals surface area contributed by atoms with Gasteiger partial charge < -0.3 is 10.4 Å². The van der Waals surface area contributed by atoms with Crippen LogP contribution in [0.2, 0.25) is 0 Å². The molecule has 0 aromatic rings. The van der Waals surface area contributed by atoms with Gasteiger partial charge in [-0.15, -0.1) is 0 Å². The lowest BCUT2D eigenvalue weighted by molar-refractivity contribution is -0.141. The van der Waals surface area contributed by atoms with E-state index in [2.05, 4.69) is 16.8 Å². The Balaban J connectivity index is 1.77. The third-order valence-electron chi connectivity index (χ3n) is 4.16. The molecule has 114 valence electrons. The van der Waals surface area contributed by atoms with Gasteiger partial charge in [0.1, 0.15) is 5.60 Å². The number of likely N-dealkylation sites (tertiary alicyclic amines) is 1. The van der Waals surface area contributed by atoms with E-state index >= 15 is 0 Å². The van der Waals surface area contributed by atoms with Gasteiger partial charge in [-0.25, -0.2) is 0 Å². The fourth-order valence-corrected chi connectivity index (χ4v) is 4.04. The predicted octanol–water partition coefficient (Wildman–Crippen LogP) is 1.40. The highest BCUT2D eigenvalue weighted by Crippen LogP contribution is 2.27.